The van der Waals surface area contributed by atoms with E-state index in [0.29, 0.717) is 0 Å². The van der Waals surface area contributed by atoms with Gasteiger partial charge in [-0.2, -0.15) is 25.3 Å². The first-order chi connectivity index (χ1) is 7.95. The van der Waals surface area contributed by atoms with Crippen molar-refractivity contribution in [2.75, 3.05) is 31.1 Å². The van der Waals surface area contributed by atoms with Crippen LogP contribution in [0, 0.1) is 5.41 Å². The van der Waals surface area contributed by atoms with Gasteiger partial charge < -0.3 is 10.6 Å². The lowest BCUT2D eigenvalue weighted by molar-refractivity contribution is 0.263. The van der Waals surface area contributed by atoms with Crippen LogP contribution in [0.3, 0.4) is 0 Å². The Labute approximate surface area is 119 Å². The molecule has 0 amide bonds. The summed E-state index contributed by atoms with van der Waals surface area (Å²) in [5.41, 5.74) is 0.424. The van der Waals surface area contributed by atoms with Gasteiger partial charge in [-0.3, -0.25) is 0 Å². The molecule has 4 heteroatoms. The summed E-state index contributed by atoms with van der Waals surface area (Å²) in [6, 6.07) is 0. The lowest BCUT2D eigenvalue weighted by atomic mass is 9.82. The third-order valence-corrected chi connectivity index (χ3v) is 4.88. The fourth-order valence-electron chi connectivity index (χ4n) is 1.88. The summed E-state index contributed by atoms with van der Waals surface area (Å²) in [6.07, 6.45) is 2.32. The van der Waals surface area contributed by atoms with Crippen molar-refractivity contribution in [2.24, 2.45) is 5.41 Å². The molecule has 0 aromatic rings. The highest BCUT2D eigenvalue weighted by Crippen LogP contribution is 2.28. The number of thiol groups is 2. The molecule has 0 spiro atoms. The van der Waals surface area contributed by atoms with E-state index in [0.717, 1.165) is 37.6 Å². The molecule has 0 aliphatic heterocycles. The van der Waals surface area contributed by atoms with Crippen LogP contribution < -0.4 is 10.6 Å². The zero-order valence-electron chi connectivity index (χ0n) is 11.8. The Balaban J connectivity index is 4.27. The highest BCUT2D eigenvalue weighted by molar-refractivity contribution is 7.80. The second-order valence-electron chi connectivity index (χ2n) is 5.50. The van der Waals surface area contributed by atoms with Gasteiger partial charge in [-0.05, 0) is 44.0 Å². The van der Waals surface area contributed by atoms with Gasteiger partial charge in [-0.1, -0.05) is 20.8 Å². The Morgan fingerprint density at radius 1 is 0.941 bits per heavy atom. The average molecular weight is 279 g/mol. The standard InChI is InChI=1S/C13H30N2S2/c1-5-14-9-12(3,10-16)7-8-13(4,11-17)15-6-2/h14-17H,5-11H2,1-4H3/t12-,13-/m0/s1. The Bertz CT molecular complexity index is 202. The van der Waals surface area contributed by atoms with Crippen LogP contribution in [0.2, 0.25) is 0 Å². The monoisotopic (exact) mass is 278 g/mol. The number of rotatable bonds is 10. The molecule has 0 bridgehead atoms. The molecule has 0 radical (unpaired) electrons. The van der Waals surface area contributed by atoms with Crippen LogP contribution in [-0.4, -0.2) is 36.7 Å². The van der Waals surface area contributed by atoms with Gasteiger partial charge >= 0.3 is 0 Å². The van der Waals surface area contributed by atoms with E-state index in [2.05, 4.69) is 63.6 Å². The average Bonchev–Trinajstić information content (AvgIpc) is 2.34. The van der Waals surface area contributed by atoms with Gasteiger partial charge in [0.05, 0.1) is 0 Å². The van der Waals surface area contributed by atoms with Crippen molar-refractivity contribution in [1.82, 2.24) is 10.6 Å². The molecule has 0 saturated heterocycles. The highest BCUT2D eigenvalue weighted by Gasteiger charge is 2.28. The quantitative estimate of drug-likeness (QED) is 0.462. The maximum atomic E-state index is 4.51. The lowest BCUT2D eigenvalue weighted by Crippen LogP contribution is -2.46. The molecular weight excluding hydrogens is 248 g/mol. The maximum absolute atomic E-state index is 4.51. The summed E-state index contributed by atoms with van der Waals surface area (Å²) in [5.74, 6) is 1.81. The van der Waals surface area contributed by atoms with Crippen LogP contribution >= 0.6 is 25.3 Å². The first-order valence-electron chi connectivity index (χ1n) is 6.63. The SMILES string of the molecule is CCNC[C@@](C)(CS)CC[C@@](C)(CS)NCC. The molecule has 0 aliphatic carbocycles. The van der Waals surface area contributed by atoms with E-state index in [-0.39, 0.29) is 11.0 Å². The summed E-state index contributed by atoms with van der Waals surface area (Å²) in [6.45, 7) is 11.9. The predicted octanol–water partition coefficient (Wildman–Crippen LogP) is 2.61. The molecule has 2 atom stereocenters. The van der Waals surface area contributed by atoms with Gasteiger partial charge in [-0.15, -0.1) is 0 Å². The third-order valence-electron chi connectivity index (χ3n) is 3.42. The van der Waals surface area contributed by atoms with Gasteiger partial charge in [0, 0.05) is 17.8 Å². The summed E-state index contributed by atoms with van der Waals surface area (Å²) in [7, 11) is 0. The van der Waals surface area contributed by atoms with Gasteiger partial charge in [0.15, 0.2) is 0 Å². The van der Waals surface area contributed by atoms with Crippen LogP contribution in [0.1, 0.15) is 40.5 Å². The lowest BCUT2D eigenvalue weighted by Gasteiger charge is -2.35. The number of nitrogens with one attached hydrogen (secondary N) is 2. The summed E-state index contributed by atoms with van der Waals surface area (Å²) < 4.78 is 0. The molecular formula is C13H30N2S2. The van der Waals surface area contributed by atoms with Crippen molar-refractivity contribution in [3.05, 3.63) is 0 Å². The number of hydrogen-bond donors (Lipinski definition) is 4. The van der Waals surface area contributed by atoms with Crippen molar-refractivity contribution >= 4 is 25.3 Å². The van der Waals surface area contributed by atoms with E-state index < -0.39 is 0 Å². The second-order valence-corrected chi connectivity index (χ2v) is 6.13. The Hall–Kier alpha value is 0.620. The summed E-state index contributed by atoms with van der Waals surface area (Å²) in [4.78, 5) is 0. The van der Waals surface area contributed by atoms with Gasteiger partial charge in [-0.25, -0.2) is 0 Å². The Morgan fingerprint density at radius 2 is 1.59 bits per heavy atom. The van der Waals surface area contributed by atoms with Crippen LogP contribution in [0.5, 0.6) is 0 Å². The Morgan fingerprint density at radius 3 is 2.00 bits per heavy atom. The first-order valence-corrected chi connectivity index (χ1v) is 7.89. The fourth-order valence-corrected chi connectivity index (χ4v) is 2.42. The molecule has 104 valence electrons. The maximum Gasteiger partial charge on any atom is 0.0241 e. The second kappa shape index (κ2) is 8.68. The predicted molar refractivity (Wildman–Crippen MR) is 85.7 cm³/mol. The fraction of sp³-hybridized carbons (Fsp3) is 1.00. The molecule has 0 aliphatic rings. The van der Waals surface area contributed by atoms with E-state index >= 15 is 0 Å². The molecule has 17 heavy (non-hydrogen) atoms. The topological polar surface area (TPSA) is 24.1 Å². The Kier molecular flexibility index (Phi) is 8.99. The van der Waals surface area contributed by atoms with Crippen molar-refractivity contribution in [2.45, 2.75) is 46.1 Å². The van der Waals surface area contributed by atoms with Crippen LogP contribution in [-0.2, 0) is 0 Å². The molecule has 2 N–H and O–H groups in total. The normalized spacial score (nSPS) is 18.7. The van der Waals surface area contributed by atoms with Crippen molar-refractivity contribution in [1.29, 1.82) is 0 Å². The zero-order valence-corrected chi connectivity index (χ0v) is 13.6. The largest absolute Gasteiger partial charge is 0.316 e. The van der Waals surface area contributed by atoms with E-state index in [4.69, 9.17) is 0 Å². The minimum atomic E-state index is 0.147. The first kappa shape index (κ1) is 17.6. The molecule has 0 unspecified atom stereocenters. The van der Waals surface area contributed by atoms with E-state index in [1.165, 1.54) is 6.42 Å². The van der Waals surface area contributed by atoms with Crippen LogP contribution in [0.25, 0.3) is 0 Å². The summed E-state index contributed by atoms with van der Waals surface area (Å²) >= 11 is 8.97. The third kappa shape index (κ3) is 6.94. The van der Waals surface area contributed by atoms with E-state index in [9.17, 15) is 0 Å². The summed E-state index contributed by atoms with van der Waals surface area (Å²) in [5, 5.41) is 6.98. The molecule has 0 heterocycles. The highest BCUT2D eigenvalue weighted by atomic mass is 32.1. The molecule has 0 aromatic carbocycles. The van der Waals surface area contributed by atoms with Gasteiger partial charge in [0.1, 0.15) is 0 Å². The van der Waals surface area contributed by atoms with Crippen molar-refractivity contribution < 1.29 is 0 Å². The molecule has 2 nitrogen and oxygen atoms in total. The van der Waals surface area contributed by atoms with Crippen molar-refractivity contribution in [3.8, 4) is 0 Å². The van der Waals surface area contributed by atoms with Crippen molar-refractivity contribution in [3.63, 3.8) is 0 Å². The molecule has 0 aromatic heterocycles. The molecule has 0 fully saturated rings. The van der Waals surface area contributed by atoms with E-state index in [1.807, 2.05) is 0 Å². The molecule has 0 saturated carbocycles. The molecule has 0 rings (SSSR count). The van der Waals surface area contributed by atoms with E-state index in [1.54, 1.807) is 0 Å². The number of hydrogen-bond acceptors (Lipinski definition) is 4. The van der Waals surface area contributed by atoms with Crippen LogP contribution in [0.4, 0.5) is 0 Å². The van der Waals surface area contributed by atoms with Crippen LogP contribution in [0.15, 0.2) is 0 Å². The minimum absolute atomic E-state index is 0.147. The smallest absolute Gasteiger partial charge is 0.0241 e. The van der Waals surface area contributed by atoms with Gasteiger partial charge in [0.25, 0.3) is 0 Å². The minimum Gasteiger partial charge on any atom is -0.316 e. The zero-order chi connectivity index (χ0) is 13.4. The van der Waals surface area contributed by atoms with Gasteiger partial charge in [0.2, 0.25) is 0 Å².